The molecule has 6 nitrogen and oxygen atoms in total. The van der Waals surface area contributed by atoms with Gasteiger partial charge < -0.3 is 10.3 Å². The molecule has 2 aromatic heterocycles. The molecule has 0 fully saturated rings. The Morgan fingerprint density at radius 3 is 2.82 bits per heavy atom. The first-order valence-corrected chi connectivity index (χ1v) is 10.3. The SMILES string of the molecule is CSc1nc(C)c(CCC(=O)Nc2nc(-c3cc(F)ccc3F)cs2)c(=O)[nH]1. The molecule has 0 atom stereocenters. The summed E-state index contributed by atoms with van der Waals surface area (Å²) in [5.41, 5.74) is 1.04. The maximum atomic E-state index is 13.8. The van der Waals surface area contributed by atoms with E-state index in [1.807, 2.05) is 6.26 Å². The number of aromatic nitrogens is 3. The Morgan fingerprint density at radius 1 is 1.32 bits per heavy atom. The lowest BCUT2D eigenvalue weighted by Gasteiger charge is -2.06. The predicted octanol–water partition coefficient (Wildman–Crippen LogP) is 3.77. The van der Waals surface area contributed by atoms with E-state index in [-0.39, 0.29) is 40.7 Å². The summed E-state index contributed by atoms with van der Waals surface area (Å²) in [4.78, 5) is 35.3. The number of rotatable bonds is 6. The van der Waals surface area contributed by atoms with E-state index < -0.39 is 11.6 Å². The van der Waals surface area contributed by atoms with Crippen LogP contribution in [0.4, 0.5) is 13.9 Å². The van der Waals surface area contributed by atoms with Gasteiger partial charge in [0.05, 0.1) is 5.69 Å². The number of H-pyrrole nitrogens is 1. The number of nitrogens with zero attached hydrogens (tertiary/aromatic N) is 2. The molecular weight excluding hydrogens is 406 g/mol. The summed E-state index contributed by atoms with van der Waals surface area (Å²) < 4.78 is 27.2. The van der Waals surface area contributed by atoms with Crippen LogP contribution in [0.15, 0.2) is 33.5 Å². The number of aryl methyl sites for hydroxylation is 1. The maximum absolute atomic E-state index is 13.8. The summed E-state index contributed by atoms with van der Waals surface area (Å²) >= 11 is 2.44. The smallest absolute Gasteiger partial charge is 0.254 e. The molecule has 0 saturated carbocycles. The van der Waals surface area contributed by atoms with Gasteiger partial charge in [0.1, 0.15) is 11.6 Å². The summed E-state index contributed by atoms with van der Waals surface area (Å²) in [6.07, 6.45) is 2.10. The van der Waals surface area contributed by atoms with Crippen LogP contribution in [0.25, 0.3) is 11.3 Å². The number of benzene rings is 1. The monoisotopic (exact) mass is 422 g/mol. The molecule has 2 N–H and O–H groups in total. The third-order valence-corrected chi connectivity index (χ3v) is 5.29. The van der Waals surface area contributed by atoms with Gasteiger partial charge in [-0.1, -0.05) is 11.8 Å². The van der Waals surface area contributed by atoms with E-state index in [4.69, 9.17) is 0 Å². The van der Waals surface area contributed by atoms with Crippen LogP contribution in [0.3, 0.4) is 0 Å². The number of thioether (sulfide) groups is 1. The van der Waals surface area contributed by atoms with E-state index in [1.165, 1.54) is 17.1 Å². The fourth-order valence-corrected chi connectivity index (χ4v) is 3.69. The van der Waals surface area contributed by atoms with Gasteiger partial charge in [-0.2, -0.15) is 0 Å². The van der Waals surface area contributed by atoms with Crippen molar-refractivity contribution < 1.29 is 13.6 Å². The molecule has 0 unspecified atom stereocenters. The summed E-state index contributed by atoms with van der Waals surface area (Å²) in [5.74, 6) is -1.51. The zero-order chi connectivity index (χ0) is 20.3. The molecule has 28 heavy (non-hydrogen) atoms. The molecule has 146 valence electrons. The Morgan fingerprint density at radius 2 is 2.11 bits per heavy atom. The lowest BCUT2D eigenvalue weighted by molar-refractivity contribution is -0.116. The Labute approximate surface area is 167 Å². The number of amides is 1. The minimum atomic E-state index is -0.597. The molecule has 0 aliphatic heterocycles. The average molecular weight is 422 g/mol. The van der Waals surface area contributed by atoms with E-state index in [0.717, 1.165) is 29.5 Å². The van der Waals surface area contributed by atoms with E-state index in [0.29, 0.717) is 16.4 Å². The normalized spacial score (nSPS) is 10.9. The fraction of sp³-hybridized carbons (Fsp3) is 0.222. The van der Waals surface area contributed by atoms with Gasteiger partial charge in [0, 0.05) is 28.6 Å². The Balaban J connectivity index is 1.66. The Kier molecular flexibility index (Phi) is 6.20. The number of anilines is 1. The standard InChI is InChI=1S/C18H16F2N4O2S2/c1-9-11(16(26)24-17(21-9)27-2)4-6-15(25)23-18-22-14(8-28-18)12-7-10(19)3-5-13(12)20/h3,5,7-8H,4,6H2,1-2H3,(H,21,24,26)(H,22,23,25). The predicted molar refractivity (Wildman–Crippen MR) is 106 cm³/mol. The van der Waals surface area contributed by atoms with Gasteiger partial charge in [0.2, 0.25) is 5.91 Å². The van der Waals surface area contributed by atoms with Crippen LogP contribution >= 0.6 is 23.1 Å². The van der Waals surface area contributed by atoms with E-state index in [1.54, 1.807) is 6.92 Å². The van der Waals surface area contributed by atoms with Crippen molar-refractivity contribution in [2.24, 2.45) is 0 Å². The molecule has 0 aliphatic rings. The van der Waals surface area contributed by atoms with Crippen molar-refractivity contribution in [2.45, 2.75) is 24.9 Å². The van der Waals surface area contributed by atoms with Crippen LogP contribution in [0.5, 0.6) is 0 Å². The fourth-order valence-electron chi connectivity index (χ4n) is 2.54. The molecular formula is C18H16F2N4O2S2. The maximum Gasteiger partial charge on any atom is 0.254 e. The van der Waals surface area contributed by atoms with Crippen LogP contribution < -0.4 is 10.9 Å². The van der Waals surface area contributed by atoms with Gasteiger partial charge in [0.15, 0.2) is 10.3 Å². The lowest BCUT2D eigenvalue weighted by atomic mass is 10.1. The topological polar surface area (TPSA) is 87.7 Å². The number of carbonyl (C=O) groups is 1. The van der Waals surface area contributed by atoms with Crippen molar-refractivity contribution in [3.63, 3.8) is 0 Å². The van der Waals surface area contributed by atoms with E-state index in [9.17, 15) is 18.4 Å². The van der Waals surface area contributed by atoms with Crippen LogP contribution in [0, 0.1) is 18.6 Å². The minimum absolute atomic E-state index is 0.0267. The Hall–Kier alpha value is -2.59. The van der Waals surface area contributed by atoms with Gasteiger partial charge in [0.25, 0.3) is 5.56 Å². The quantitative estimate of drug-likeness (QED) is 0.466. The number of nitrogens with one attached hydrogen (secondary N) is 2. The van der Waals surface area contributed by atoms with E-state index in [2.05, 4.69) is 20.3 Å². The van der Waals surface area contributed by atoms with Gasteiger partial charge in [-0.15, -0.1) is 11.3 Å². The van der Waals surface area contributed by atoms with Crippen molar-refractivity contribution >= 4 is 34.1 Å². The highest BCUT2D eigenvalue weighted by atomic mass is 32.2. The second-order valence-electron chi connectivity index (χ2n) is 5.85. The highest BCUT2D eigenvalue weighted by molar-refractivity contribution is 7.98. The highest BCUT2D eigenvalue weighted by Gasteiger charge is 2.14. The van der Waals surface area contributed by atoms with Crippen molar-refractivity contribution in [3.8, 4) is 11.3 Å². The first kappa shape index (κ1) is 20.2. The molecule has 1 amide bonds. The second kappa shape index (κ2) is 8.61. The molecule has 0 radical (unpaired) electrons. The second-order valence-corrected chi connectivity index (χ2v) is 7.50. The number of aromatic amines is 1. The Bertz CT molecular complexity index is 1080. The van der Waals surface area contributed by atoms with Crippen molar-refractivity contribution in [1.82, 2.24) is 15.0 Å². The molecule has 2 heterocycles. The van der Waals surface area contributed by atoms with Gasteiger partial charge in [-0.05, 0) is 37.8 Å². The number of halogens is 2. The van der Waals surface area contributed by atoms with Crippen LogP contribution in [0.1, 0.15) is 17.7 Å². The zero-order valence-corrected chi connectivity index (χ0v) is 16.6. The molecule has 3 aromatic rings. The van der Waals surface area contributed by atoms with Crippen LogP contribution in [0.2, 0.25) is 0 Å². The first-order chi connectivity index (χ1) is 13.4. The largest absolute Gasteiger partial charge is 0.302 e. The zero-order valence-electron chi connectivity index (χ0n) is 15.0. The van der Waals surface area contributed by atoms with Crippen LogP contribution in [-0.4, -0.2) is 27.1 Å². The number of hydrogen-bond donors (Lipinski definition) is 2. The average Bonchev–Trinajstić information content (AvgIpc) is 3.10. The third-order valence-electron chi connectivity index (χ3n) is 3.95. The number of carbonyl (C=O) groups excluding carboxylic acids is 1. The highest BCUT2D eigenvalue weighted by Crippen LogP contribution is 2.27. The van der Waals surface area contributed by atoms with Crippen molar-refractivity contribution in [1.29, 1.82) is 0 Å². The van der Waals surface area contributed by atoms with Crippen LogP contribution in [-0.2, 0) is 11.2 Å². The molecule has 1 aromatic carbocycles. The van der Waals surface area contributed by atoms with Gasteiger partial charge in [-0.3, -0.25) is 9.59 Å². The summed E-state index contributed by atoms with van der Waals surface area (Å²) in [5, 5.41) is 4.94. The molecule has 10 heteroatoms. The molecule has 0 aliphatic carbocycles. The summed E-state index contributed by atoms with van der Waals surface area (Å²) in [7, 11) is 0. The summed E-state index contributed by atoms with van der Waals surface area (Å²) in [6, 6.07) is 3.10. The number of hydrogen-bond acceptors (Lipinski definition) is 6. The lowest BCUT2D eigenvalue weighted by Crippen LogP contribution is -2.20. The number of thiazole rings is 1. The van der Waals surface area contributed by atoms with Crippen molar-refractivity contribution in [2.75, 3.05) is 11.6 Å². The molecule has 0 bridgehead atoms. The molecule has 0 spiro atoms. The molecule has 0 saturated heterocycles. The minimum Gasteiger partial charge on any atom is -0.302 e. The van der Waals surface area contributed by atoms with Crippen molar-refractivity contribution in [3.05, 3.63) is 56.8 Å². The summed E-state index contributed by atoms with van der Waals surface area (Å²) in [6.45, 7) is 1.73. The van der Waals surface area contributed by atoms with Gasteiger partial charge >= 0.3 is 0 Å². The van der Waals surface area contributed by atoms with E-state index >= 15 is 0 Å². The van der Waals surface area contributed by atoms with Gasteiger partial charge in [-0.25, -0.2) is 18.7 Å². The first-order valence-electron chi connectivity index (χ1n) is 8.22. The molecule has 3 rings (SSSR count). The third kappa shape index (κ3) is 4.63.